The second-order valence-electron chi connectivity index (χ2n) is 4.09. The molecular weight excluding hydrogens is 224 g/mol. The van der Waals surface area contributed by atoms with Crippen molar-refractivity contribution in [3.05, 3.63) is 16.5 Å². The SMILES string of the molecule is CCCN(C)c1nc(Cl)nc2c1CNCC2. The molecular formula is C11H17ClN4. The number of aromatic nitrogens is 2. The molecule has 0 saturated carbocycles. The zero-order valence-corrected chi connectivity index (χ0v) is 10.5. The molecule has 0 amide bonds. The number of halogens is 1. The zero-order valence-electron chi connectivity index (χ0n) is 9.76. The average Bonchev–Trinajstić information content (AvgIpc) is 2.28. The van der Waals surface area contributed by atoms with Gasteiger partial charge in [-0.15, -0.1) is 0 Å². The predicted molar refractivity (Wildman–Crippen MR) is 66.0 cm³/mol. The fourth-order valence-electron chi connectivity index (χ4n) is 2.05. The molecule has 0 atom stereocenters. The van der Waals surface area contributed by atoms with Gasteiger partial charge in [0.05, 0.1) is 5.69 Å². The Balaban J connectivity index is 2.38. The fraction of sp³-hybridized carbons (Fsp3) is 0.636. The number of rotatable bonds is 3. The van der Waals surface area contributed by atoms with Crippen LogP contribution in [0.15, 0.2) is 0 Å². The minimum Gasteiger partial charge on any atom is -0.359 e. The fourth-order valence-corrected chi connectivity index (χ4v) is 2.23. The molecule has 88 valence electrons. The summed E-state index contributed by atoms with van der Waals surface area (Å²) >= 11 is 5.96. The Morgan fingerprint density at radius 3 is 3.00 bits per heavy atom. The second kappa shape index (κ2) is 4.97. The number of hydrogen-bond acceptors (Lipinski definition) is 4. The third-order valence-electron chi connectivity index (χ3n) is 2.80. The highest BCUT2D eigenvalue weighted by Gasteiger charge is 2.18. The average molecular weight is 241 g/mol. The van der Waals surface area contributed by atoms with Crippen LogP contribution in [0.25, 0.3) is 0 Å². The van der Waals surface area contributed by atoms with Gasteiger partial charge in [-0.25, -0.2) is 9.97 Å². The quantitative estimate of drug-likeness (QED) is 0.816. The molecule has 1 aromatic heterocycles. The third-order valence-corrected chi connectivity index (χ3v) is 2.97. The van der Waals surface area contributed by atoms with Crippen molar-refractivity contribution in [1.29, 1.82) is 0 Å². The molecule has 0 fully saturated rings. The summed E-state index contributed by atoms with van der Waals surface area (Å²) in [7, 11) is 2.05. The van der Waals surface area contributed by atoms with E-state index in [2.05, 4.69) is 34.2 Å². The number of fused-ring (bicyclic) bond motifs is 1. The Bertz CT molecular complexity index is 380. The molecule has 0 unspecified atom stereocenters. The van der Waals surface area contributed by atoms with Crippen LogP contribution in [0.5, 0.6) is 0 Å². The maximum Gasteiger partial charge on any atom is 0.224 e. The zero-order chi connectivity index (χ0) is 11.5. The third kappa shape index (κ3) is 2.28. The first-order valence-corrected chi connectivity index (χ1v) is 6.07. The van der Waals surface area contributed by atoms with Crippen molar-refractivity contribution in [3.63, 3.8) is 0 Å². The molecule has 2 rings (SSSR count). The van der Waals surface area contributed by atoms with E-state index < -0.39 is 0 Å². The van der Waals surface area contributed by atoms with E-state index in [1.165, 1.54) is 5.56 Å². The van der Waals surface area contributed by atoms with Gasteiger partial charge < -0.3 is 10.2 Å². The number of hydrogen-bond donors (Lipinski definition) is 1. The standard InChI is InChI=1S/C11H17ClN4/c1-3-6-16(2)10-8-7-13-5-4-9(8)14-11(12)15-10/h13H,3-7H2,1-2H3. The van der Waals surface area contributed by atoms with Gasteiger partial charge in [-0.05, 0) is 18.0 Å². The van der Waals surface area contributed by atoms with Crippen molar-refractivity contribution in [3.8, 4) is 0 Å². The molecule has 16 heavy (non-hydrogen) atoms. The summed E-state index contributed by atoms with van der Waals surface area (Å²) in [6, 6.07) is 0. The lowest BCUT2D eigenvalue weighted by molar-refractivity contribution is 0.622. The summed E-state index contributed by atoms with van der Waals surface area (Å²) in [5.41, 5.74) is 2.29. The summed E-state index contributed by atoms with van der Waals surface area (Å²) in [5, 5.41) is 3.71. The van der Waals surface area contributed by atoms with Gasteiger partial charge in [0.25, 0.3) is 0 Å². The molecule has 1 N–H and O–H groups in total. The first-order valence-electron chi connectivity index (χ1n) is 5.69. The Morgan fingerprint density at radius 2 is 2.25 bits per heavy atom. The van der Waals surface area contributed by atoms with Gasteiger partial charge in [0.1, 0.15) is 5.82 Å². The molecule has 0 bridgehead atoms. The smallest absolute Gasteiger partial charge is 0.224 e. The van der Waals surface area contributed by atoms with Gasteiger partial charge in [0.15, 0.2) is 0 Å². The van der Waals surface area contributed by atoms with E-state index in [0.717, 1.165) is 44.0 Å². The summed E-state index contributed by atoms with van der Waals surface area (Å²) in [4.78, 5) is 10.8. The van der Waals surface area contributed by atoms with Crippen molar-refractivity contribution < 1.29 is 0 Å². The Hall–Kier alpha value is -0.870. The Labute approximate surface area is 101 Å². The highest BCUT2D eigenvalue weighted by atomic mass is 35.5. The van der Waals surface area contributed by atoms with Crippen LogP contribution in [0.4, 0.5) is 5.82 Å². The lowest BCUT2D eigenvalue weighted by Crippen LogP contribution is -2.29. The van der Waals surface area contributed by atoms with Crippen LogP contribution in [0, 0.1) is 0 Å². The normalized spacial score (nSPS) is 14.7. The largest absolute Gasteiger partial charge is 0.359 e. The van der Waals surface area contributed by atoms with Gasteiger partial charge in [-0.2, -0.15) is 0 Å². The number of anilines is 1. The molecule has 1 aliphatic rings. The van der Waals surface area contributed by atoms with Crippen LogP contribution < -0.4 is 10.2 Å². The van der Waals surface area contributed by atoms with Crippen LogP contribution in [-0.4, -0.2) is 30.1 Å². The minimum atomic E-state index is 0.360. The lowest BCUT2D eigenvalue weighted by atomic mass is 10.1. The first-order chi connectivity index (χ1) is 7.72. The van der Waals surface area contributed by atoms with Crippen molar-refractivity contribution in [2.24, 2.45) is 0 Å². The molecule has 0 aromatic carbocycles. The van der Waals surface area contributed by atoms with Crippen LogP contribution in [-0.2, 0) is 13.0 Å². The van der Waals surface area contributed by atoms with Crippen LogP contribution in [0.1, 0.15) is 24.6 Å². The molecule has 1 aromatic rings. The predicted octanol–water partition coefficient (Wildman–Crippen LogP) is 1.62. The maximum atomic E-state index is 5.96. The first kappa shape index (κ1) is 11.6. The molecule has 0 radical (unpaired) electrons. The molecule has 0 aliphatic carbocycles. The summed E-state index contributed by atoms with van der Waals surface area (Å²) in [6.45, 7) is 4.96. The van der Waals surface area contributed by atoms with Crippen molar-refractivity contribution in [2.45, 2.75) is 26.3 Å². The lowest BCUT2D eigenvalue weighted by Gasteiger charge is -2.25. The monoisotopic (exact) mass is 240 g/mol. The van der Waals surface area contributed by atoms with E-state index in [9.17, 15) is 0 Å². The van der Waals surface area contributed by atoms with Gasteiger partial charge in [0.2, 0.25) is 5.28 Å². The minimum absolute atomic E-state index is 0.360. The van der Waals surface area contributed by atoms with E-state index in [1.54, 1.807) is 0 Å². The topological polar surface area (TPSA) is 41.1 Å². The van der Waals surface area contributed by atoms with E-state index in [1.807, 2.05) is 0 Å². The van der Waals surface area contributed by atoms with Gasteiger partial charge in [-0.3, -0.25) is 0 Å². The molecule has 4 nitrogen and oxygen atoms in total. The van der Waals surface area contributed by atoms with Crippen molar-refractivity contribution in [2.75, 3.05) is 25.0 Å². The highest BCUT2D eigenvalue weighted by Crippen LogP contribution is 2.24. The Morgan fingerprint density at radius 1 is 1.44 bits per heavy atom. The van der Waals surface area contributed by atoms with Crippen molar-refractivity contribution in [1.82, 2.24) is 15.3 Å². The number of nitrogens with one attached hydrogen (secondary N) is 1. The highest BCUT2D eigenvalue weighted by molar-refractivity contribution is 6.28. The van der Waals surface area contributed by atoms with Crippen molar-refractivity contribution >= 4 is 17.4 Å². The van der Waals surface area contributed by atoms with E-state index in [0.29, 0.717) is 5.28 Å². The Kier molecular flexibility index (Phi) is 3.61. The van der Waals surface area contributed by atoms with Gasteiger partial charge in [-0.1, -0.05) is 6.92 Å². The van der Waals surface area contributed by atoms with E-state index >= 15 is 0 Å². The maximum absolute atomic E-state index is 5.96. The molecule has 0 saturated heterocycles. The number of nitrogens with zero attached hydrogens (tertiary/aromatic N) is 3. The summed E-state index contributed by atoms with van der Waals surface area (Å²) in [6.07, 6.45) is 2.03. The molecule has 5 heteroatoms. The summed E-state index contributed by atoms with van der Waals surface area (Å²) < 4.78 is 0. The second-order valence-corrected chi connectivity index (χ2v) is 4.43. The van der Waals surface area contributed by atoms with Crippen LogP contribution in [0.3, 0.4) is 0 Å². The van der Waals surface area contributed by atoms with Crippen LogP contribution in [0.2, 0.25) is 5.28 Å². The van der Waals surface area contributed by atoms with E-state index in [4.69, 9.17) is 11.6 Å². The summed E-state index contributed by atoms with van der Waals surface area (Å²) in [5.74, 6) is 0.976. The molecule has 0 spiro atoms. The molecule has 2 heterocycles. The van der Waals surface area contributed by atoms with Gasteiger partial charge >= 0.3 is 0 Å². The van der Waals surface area contributed by atoms with Gasteiger partial charge in [0, 0.05) is 38.7 Å². The van der Waals surface area contributed by atoms with Crippen LogP contribution >= 0.6 is 11.6 Å². The van der Waals surface area contributed by atoms with E-state index in [-0.39, 0.29) is 0 Å². The molecule has 1 aliphatic heterocycles.